The maximum Gasteiger partial charge on any atom is 0.255 e. The van der Waals surface area contributed by atoms with Crippen LogP contribution in [0.25, 0.3) is 5.82 Å². The second-order valence-corrected chi connectivity index (χ2v) is 6.59. The van der Waals surface area contributed by atoms with Gasteiger partial charge in [-0.1, -0.05) is 0 Å². The molecular weight excluding hydrogens is 356 g/mol. The van der Waals surface area contributed by atoms with Gasteiger partial charge in [0.2, 0.25) is 5.88 Å². The molecular formula is C20H22N6O2. The number of carbonyl (C=O) groups excluding carboxylic acids is 1. The number of ether oxygens (including phenoxy) is 1. The molecule has 0 atom stereocenters. The Morgan fingerprint density at radius 3 is 2.39 bits per heavy atom. The van der Waals surface area contributed by atoms with E-state index in [1.807, 2.05) is 47.0 Å². The highest BCUT2D eigenvalue weighted by molar-refractivity contribution is 5.94. The molecule has 1 amide bonds. The van der Waals surface area contributed by atoms with Crippen LogP contribution < -0.4 is 9.64 Å². The lowest BCUT2D eigenvalue weighted by Gasteiger charge is -2.35. The van der Waals surface area contributed by atoms with Crippen molar-refractivity contribution in [2.45, 2.75) is 6.92 Å². The molecule has 3 aromatic heterocycles. The Kier molecular flexibility index (Phi) is 4.92. The average molecular weight is 378 g/mol. The zero-order chi connectivity index (χ0) is 19.5. The molecule has 0 spiro atoms. The van der Waals surface area contributed by atoms with Gasteiger partial charge in [-0.05, 0) is 25.1 Å². The van der Waals surface area contributed by atoms with Crippen LogP contribution in [0.4, 0.5) is 5.82 Å². The monoisotopic (exact) mass is 378 g/mol. The molecule has 1 aliphatic rings. The Morgan fingerprint density at radius 1 is 1.04 bits per heavy atom. The van der Waals surface area contributed by atoms with E-state index in [1.165, 1.54) is 0 Å². The van der Waals surface area contributed by atoms with Crippen molar-refractivity contribution >= 4 is 11.7 Å². The van der Waals surface area contributed by atoms with E-state index in [0.29, 0.717) is 24.5 Å². The van der Waals surface area contributed by atoms with Crippen LogP contribution in [0.3, 0.4) is 0 Å². The first-order chi connectivity index (χ1) is 13.6. The summed E-state index contributed by atoms with van der Waals surface area (Å²) in [7, 11) is 1.56. The molecule has 8 nitrogen and oxygen atoms in total. The smallest absolute Gasteiger partial charge is 0.255 e. The van der Waals surface area contributed by atoms with E-state index in [-0.39, 0.29) is 5.91 Å². The van der Waals surface area contributed by atoms with E-state index in [2.05, 4.69) is 19.9 Å². The summed E-state index contributed by atoms with van der Waals surface area (Å²) in [6.45, 7) is 4.60. The van der Waals surface area contributed by atoms with Crippen LogP contribution in [-0.4, -0.2) is 63.6 Å². The van der Waals surface area contributed by atoms with Crippen LogP contribution in [0.5, 0.6) is 5.88 Å². The molecule has 1 fully saturated rings. The minimum absolute atomic E-state index is 0.0123. The number of hydrogen-bond donors (Lipinski definition) is 0. The van der Waals surface area contributed by atoms with Gasteiger partial charge in [0.15, 0.2) is 0 Å². The Labute approximate surface area is 163 Å². The zero-order valence-electron chi connectivity index (χ0n) is 15.9. The van der Waals surface area contributed by atoms with Crippen molar-refractivity contribution in [1.82, 2.24) is 24.4 Å². The lowest BCUT2D eigenvalue weighted by molar-refractivity contribution is 0.0746. The topological polar surface area (TPSA) is 76.4 Å². The van der Waals surface area contributed by atoms with Gasteiger partial charge in [0.05, 0.1) is 12.7 Å². The molecule has 28 heavy (non-hydrogen) atoms. The summed E-state index contributed by atoms with van der Waals surface area (Å²) in [5, 5.41) is 0. The van der Waals surface area contributed by atoms with E-state index in [1.54, 1.807) is 25.4 Å². The van der Waals surface area contributed by atoms with Crippen molar-refractivity contribution in [3.05, 3.63) is 60.3 Å². The summed E-state index contributed by atoms with van der Waals surface area (Å²) >= 11 is 0. The Balaban J connectivity index is 1.44. The standard InChI is InChI=1S/C20H22N6O2/c1-15-22-17(24-7-3-4-8-24)13-18(23-15)25-9-11-26(12-10-25)20(27)16-5-6-19(28-2)21-14-16/h3-8,13-14H,9-12H2,1-2H3. The lowest BCUT2D eigenvalue weighted by Crippen LogP contribution is -2.49. The summed E-state index contributed by atoms with van der Waals surface area (Å²) in [6.07, 6.45) is 5.49. The van der Waals surface area contributed by atoms with Crippen LogP contribution in [0.1, 0.15) is 16.2 Å². The fourth-order valence-corrected chi connectivity index (χ4v) is 3.27. The summed E-state index contributed by atoms with van der Waals surface area (Å²) < 4.78 is 7.01. The Morgan fingerprint density at radius 2 is 1.75 bits per heavy atom. The second-order valence-electron chi connectivity index (χ2n) is 6.59. The Bertz CT molecular complexity index is 947. The number of pyridine rings is 1. The van der Waals surface area contributed by atoms with E-state index in [4.69, 9.17) is 4.74 Å². The van der Waals surface area contributed by atoms with Crippen molar-refractivity contribution in [2.24, 2.45) is 0 Å². The van der Waals surface area contributed by atoms with Crippen molar-refractivity contribution in [3.63, 3.8) is 0 Å². The van der Waals surface area contributed by atoms with Crippen LogP contribution in [0.2, 0.25) is 0 Å². The summed E-state index contributed by atoms with van der Waals surface area (Å²) in [4.78, 5) is 30.0. The molecule has 0 unspecified atom stereocenters. The number of piperazine rings is 1. The number of nitrogens with zero attached hydrogens (tertiary/aromatic N) is 6. The molecule has 3 aromatic rings. The van der Waals surface area contributed by atoms with Gasteiger partial charge in [-0.2, -0.15) is 0 Å². The first kappa shape index (κ1) is 18.0. The number of rotatable bonds is 4. The van der Waals surface area contributed by atoms with E-state index >= 15 is 0 Å². The molecule has 4 rings (SSSR count). The molecule has 0 bridgehead atoms. The first-order valence-electron chi connectivity index (χ1n) is 9.17. The summed E-state index contributed by atoms with van der Waals surface area (Å²) in [6, 6.07) is 9.37. The van der Waals surface area contributed by atoms with Crippen LogP contribution >= 0.6 is 0 Å². The van der Waals surface area contributed by atoms with Gasteiger partial charge in [-0.15, -0.1) is 0 Å². The number of amides is 1. The third kappa shape index (κ3) is 3.66. The van der Waals surface area contributed by atoms with Crippen molar-refractivity contribution in [2.75, 3.05) is 38.2 Å². The zero-order valence-corrected chi connectivity index (χ0v) is 15.9. The molecule has 4 heterocycles. The molecule has 8 heteroatoms. The quantitative estimate of drug-likeness (QED) is 0.691. The molecule has 0 radical (unpaired) electrons. The molecule has 1 aliphatic heterocycles. The summed E-state index contributed by atoms with van der Waals surface area (Å²) in [5.74, 6) is 2.94. The second kappa shape index (κ2) is 7.67. The van der Waals surface area contributed by atoms with Gasteiger partial charge in [-0.3, -0.25) is 4.79 Å². The van der Waals surface area contributed by atoms with Crippen molar-refractivity contribution in [3.8, 4) is 11.7 Å². The fraction of sp³-hybridized carbons (Fsp3) is 0.300. The summed E-state index contributed by atoms with van der Waals surface area (Å²) in [5.41, 5.74) is 0.571. The van der Waals surface area contributed by atoms with Gasteiger partial charge in [0.25, 0.3) is 5.91 Å². The molecule has 0 N–H and O–H groups in total. The number of hydrogen-bond acceptors (Lipinski definition) is 6. The van der Waals surface area contributed by atoms with Gasteiger partial charge >= 0.3 is 0 Å². The fourth-order valence-electron chi connectivity index (χ4n) is 3.27. The number of anilines is 1. The maximum absolute atomic E-state index is 12.7. The predicted molar refractivity (Wildman–Crippen MR) is 105 cm³/mol. The van der Waals surface area contributed by atoms with Gasteiger partial charge in [-0.25, -0.2) is 15.0 Å². The van der Waals surface area contributed by atoms with Crippen LogP contribution in [0, 0.1) is 6.92 Å². The number of methoxy groups -OCH3 is 1. The predicted octanol–water partition coefficient (Wildman–Crippen LogP) is 1.94. The first-order valence-corrected chi connectivity index (χ1v) is 9.17. The van der Waals surface area contributed by atoms with Crippen LogP contribution in [-0.2, 0) is 0 Å². The third-order valence-corrected chi connectivity index (χ3v) is 4.76. The maximum atomic E-state index is 12.7. The number of carbonyl (C=O) groups is 1. The van der Waals surface area contributed by atoms with E-state index in [9.17, 15) is 4.79 Å². The largest absolute Gasteiger partial charge is 0.481 e. The van der Waals surface area contributed by atoms with E-state index < -0.39 is 0 Å². The minimum Gasteiger partial charge on any atom is -0.481 e. The van der Waals surface area contributed by atoms with Crippen molar-refractivity contribution in [1.29, 1.82) is 0 Å². The van der Waals surface area contributed by atoms with E-state index in [0.717, 1.165) is 30.5 Å². The lowest BCUT2D eigenvalue weighted by atomic mass is 10.2. The SMILES string of the molecule is COc1ccc(C(=O)N2CCN(c3cc(-n4cccc4)nc(C)n3)CC2)cn1. The Hall–Kier alpha value is -3.42. The molecule has 0 aliphatic carbocycles. The highest BCUT2D eigenvalue weighted by Gasteiger charge is 2.23. The number of aromatic nitrogens is 4. The highest BCUT2D eigenvalue weighted by Crippen LogP contribution is 2.19. The molecule has 0 saturated carbocycles. The third-order valence-electron chi connectivity index (χ3n) is 4.76. The number of aryl methyl sites for hydroxylation is 1. The minimum atomic E-state index is -0.0123. The highest BCUT2D eigenvalue weighted by atomic mass is 16.5. The van der Waals surface area contributed by atoms with Gasteiger partial charge < -0.3 is 19.1 Å². The van der Waals surface area contributed by atoms with Crippen molar-refractivity contribution < 1.29 is 9.53 Å². The molecule has 144 valence electrons. The molecule has 1 saturated heterocycles. The molecule has 0 aromatic carbocycles. The average Bonchev–Trinajstić information content (AvgIpc) is 3.28. The van der Waals surface area contributed by atoms with Gasteiger partial charge in [0, 0.05) is 56.9 Å². The van der Waals surface area contributed by atoms with Crippen LogP contribution in [0.15, 0.2) is 48.9 Å². The normalized spacial score (nSPS) is 14.2. The van der Waals surface area contributed by atoms with Gasteiger partial charge in [0.1, 0.15) is 17.5 Å².